The van der Waals surface area contributed by atoms with E-state index in [1.165, 1.54) is 64.5 Å². The SMILES string of the molecule is CCCCCCCNCC1CC2CCC1C2. The van der Waals surface area contributed by atoms with Crippen LogP contribution in [0.3, 0.4) is 0 Å². The van der Waals surface area contributed by atoms with Crippen LogP contribution >= 0.6 is 0 Å². The molecule has 0 aliphatic heterocycles. The molecule has 1 N–H and O–H groups in total. The largest absolute Gasteiger partial charge is 0.316 e. The second-order valence-electron chi connectivity index (χ2n) is 6.05. The second-order valence-corrected chi connectivity index (χ2v) is 6.05. The molecule has 1 nitrogen and oxygen atoms in total. The maximum atomic E-state index is 3.69. The average Bonchev–Trinajstić information content (AvgIpc) is 2.90. The van der Waals surface area contributed by atoms with Gasteiger partial charge >= 0.3 is 0 Å². The summed E-state index contributed by atoms with van der Waals surface area (Å²) in [6.45, 7) is 4.86. The van der Waals surface area contributed by atoms with E-state index in [-0.39, 0.29) is 0 Å². The van der Waals surface area contributed by atoms with Crippen LogP contribution in [0, 0.1) is 17.8 Å². The Hall–Kier alpha value is -0.0400. The molecular formula is C15H29N. The van der Waals surface area contributed by atoms with Crippen molar-refractivity contribution in [3.63, 3.8) is 0 Å². The molecule has 2 saturated carbocycles. The van der Waals surface area contributed by atoms with Crippen LogP contribution in [0.25, 0.3) is 0 Å². The fraction of sp³-hybridized carbons (Fsp3) is 1.00. The van der Waals surface area contributed by atoms with Crippen LogP contribution in [-0.4, -0.2) is 13.1 Å². The number of fused-ring (bicyclic) bond motifs is 2. The van der Waals surface area contributed by atoms with Crippen LogP contribution in [0.1, 0.15) is 64.7 Å². The third-order valence-corrected chi connectivity index (χ3v) is 4.75. The third kappa shape index (κ3) is 3.48. The summed E-state index contributed by atoms with van der Waals surface area (Å²) in [6.07, 6.45) is 13.2. The Kier molecular flexibility index (Phi) is 5.15. The Morgan fingerprint density at radius 2 is 1.88 bits per heavy atom. The molecule has 2 bridgehead atoms. The molecule has 16 heavy (non-hydrogen) atoms. The van der Waals surface area contributed by atoms with Crippen molar-refractivity contribution in [1.82, 2.24) is 5.32 Å². The summed E-state index contributed by atoms with van der Waals surface area (Å²) in [5, 5.41) is 3.69. The first-order chi connectivity index (χ1) is 7.90. The number of nitrogens with one attached hydrogen (secondary N) is 1. The molecule has 0 aromatic heterocycles. The molecule has 0 heterocycles. The summed E-state index contributed by atoms with van der Waals surface area (Å²) >= 11 is 0. The summed E-state index contributed by atoms with van der Waals surface area (Å²) in [7, 11) is 0. The quantitative estimate of drug-likeness (QED) is 0.614. The highest BCUT2D eigenvalue weighted by molar-refractivity contribution is 4.90. The van der Waals surface area contributed by atoms with Gasteiger partial charge in [0.2, 0.25) is 0 Å². The standard InChI is InChI=1S/C15H29N/c1-2-3-4-5-6-9-16-12-15-11-13-7-8-14(15)10-13/h13-16H,2-12H2,1H3. The van der Waals surface area contributed by atoms with Crippen molar-refractivity contribution in [2.75, 3.05) is 13.1 Å². The minimum Gasteiger partial charge on any atom is -0.316 e. The summed E-state index contributed by atoms with van der Waals surface area (Å²) in [5.74, 6) is 3.24. The molecule has 0 saturated heterocycles. The van der Waals surface area contributed by atoms with Crippen molar-refractivity contribution >= 4 is 0 Å². The zero-order valence-corrected chi connectivity index (χ0v) is 11.0. The summed E-state index contributed by atoms with van der Waals surface area (Å²) in [5.41, 5.74) is 0. The van der Waals surface area contributed by atoms with Gasteiger partial charge in [-0.05, 0) is 56.5 Å². The van der Waals surface area contributed by atoms with Crippen molar-refractivity contribution < 1.29 is 0 Å². The highest BCUT2D eigenvalue weighted by atomic mass is 14.9. The van der Waals surface area contributed by atoms with Crippen LogP contribution in [0.5, 0.6) is 0 Å². The van der Waals surface area contributed by atoms with E-state index in [0.717, 1.165) is 17.8 Å². The third-order valence-electron chi connectivity index (χ3n) is 4.75. The molecule has 94 valence electrons. The molecule has 3 atom stereocenters. The highest BCUT2D eigenvalue weighted by Gasteiger charge is 2.38. The Labute approximate surface area is 101 Å². The fourth-order valence-electron chi connectivity index (χ4n) is 3.77. The summed E-state index contributed by atoms with van der Waals surface area (Å²) < 4.78 is 0. The van der Waals surface area contributed by atoms with Crippen molar-refractivity contribution in [1.29, 1.82) is 0 Å². The van der Waals surface area contributed by atoms with Gasteiger partial charge in [0.1, 0.15) is 0 Å². The van der Waals surface area contributed by atoms with E-state index in [0.29, 0.717) is 0 Å². The maximum absolute atomic E-state index is 3.69. The topological polar surface area (TPSA) is 12.0 Å². The van der Waals surface area contributed by atoms with E-state index in [2.05, 4.69) is 12.2 Å². The van der Waals surface area contributed by atoms with Gasteiger partial charge < -0.3 is 5.32 Å². The molecule has 2 aliphatic rings. The summed E-state index contributed by atoms with van der Waals surface area (Å²) in [6, 6.07) is 0. The van der Waals surface area contributed by atoms with Gasteiger partial charge in [-0.15, -0.1) is 0 Å². The lowest BCUT2D eigenvalue weighted by molar-refractivity contribution is 0.318. The molecule has 2 rings (SSSR count). The van der Waals surface area contributed by atoms with Crippen LogP contribution < -0.4 is 5.32 Å². The lowest BCUT2D eigenvalue weighted by atomic mass is 9.89. The van der Waals surface area contributed by atoms with E-state index in [9.17, 15) is 0 Å². The van der Waals surface area contributed by atoms with Gasteiger partial charge in [-0.3, -0.25) is 0 Å². The van der Waals surface area contributed by atoms with Gasteiger partial charge in [0.15, 0.2) is 0 Å². The number of hydrogen-bond acceptors (Lipinski definition) is 1. The molecule has 3 unspecified atom stereocenters. The first-order valence-electron chi connectivity index (χ1n) is 7.61. The molecule has 0 spiro atoms. The van der Waals surface area contributed by atoms with E-state index in [1.807, 2.05) is 0 Å². The van der Waals surface area contributed by atoms with Gasteiger partial charge in [-0.2, -0.15) is 0 Å². The van der Waals surface area contributed by atoms with Crippen molar-refractivity contribution in [2.24, 2.45) is 17.8 Å². The monoisotopic (exact) mass is 223 g/mol. The molecule has 0 amide bonds. The Balaban J connectivity index is 1.43. The van der Waals surface area contributed by atoms with Crippen molar-refractivity contribution in [3.05, 3.63) is 0 Å². The van der Waals surface area contributed by atoms with E-state index < -0.39 is 0 Å². The van der Waals surface area contributed by atoms with Crippen LogP contribution in [-0.2, 0) is 0 Å². The van der Waals surface area contributed by atoms with Crippen LogP contribution in [0.2, 0.25) is 0 Å². The Morgan fingerprint density at radius 3 is 2.56 bits per heavy atom. The Bertz CT molecular complexity index is 190. The predicted molar refractivity (Wildman–Crippen MR) is 70.6 cm³/mol. The molecular weight excluding hydrogens is 194 g/mol. The lowest BCUT2D eigenvalue weighted by Gasteiger charge is -2.21. The maximum Gasteiger partial charge on any atom is -0.00178 e. The normalized spacial score (nSPS) is 32.4. The van der Waals surface area contributed by atoms with Crippen LogP contribution in [0.4, 0.5) is 0 Å². The minimum absolute atomic E-state index is 1.04. The molecule has 1 heteroatoms. The predicted octanol–water partition coefficient (Wildman–Crippen LogP) is 3.98. The summed E-state index contributed by atoms with van der Waals surface area (Å²) in [4.78, 5) is 0. The first kappa shape index (κ1) is 12.4. The van der Waals surface area contributed by atoms with Gasteiger partial charge in [-0.25, -0.2) is 0 Å². The minimum atomic E-state index is 1.04. The van der Waals surface area contributed by atoms with Crippen molar-refractivity contribution in [3.8, 4) is 0 Å². The van der Waals surface area contributed by atoms with Crippen molar-refractivity contribution in [2.45, 2.75) is 64.7 Å². The molecule has 0 aromatic rings. The Morgan fingerprint density at radius 1 is 1.00 bits per heavy atom. The van der Waals surface area contributed by atoms with Gasteiger partial charge in [0, 0.05) is 0 Å². The van der Waals surface area contributed by atoms with Gasteiger partial charge in [0.25, 0.3) is 0 Å². The number of hydrogen-bond donors (Lipinski definition) is 1. The lowest BCUT2D eigenvalue weighted by Crippen LogP contribution is -2.27. The van der Waals surface area contributed by atoms with Gasteiger partial charge in [-0.1, -0.05) is 39.0 Å². The smallest absolute Gasteiger partial charge is 0.00178 e. The van der Waals surface area contributed by atoms with Gasteiger partial charge in [0.05, 0.1) is 0 Å². The molecule has 0 radical (unpaired) electrons. The van der Waals surface area contributed by atoms with Crippen LogP contribution in [0.15, 0.2) is 0 Å². The zero-order chi connectivity index (χ0) is 11.2. The molecule has 0 aromatic carbocycles. The average molecular weight is 223 g/mol. The second kappa shape index (κ2) is 6.64. The van der Waals surface area contributed by atoms with E-state index in [4.69, 9.17) is 0 Å². The van der Waals surface area contributed by atoms with E-state index >= 15 is 0 Å². The highest BCUT2D eigenvalue weighted by Crippen LogP contribution is 2.47. The zero-order valence-electron chi connectivity index (χ0n) is 11.0. The number of unbranched alkanes of at least 4 members (excludes halogenated alkanes) is 4. The van der Waals surface area contributed by atoms with E-state index in [1.54, 1.807) is 6.42 Å². The molecule has 2 aliphatic carbocycles. The molecule has 2 fully saturated rings. The fourth-order valence-corrected chi connectivity index (χ4v) is 3.77. The number of rotatable bonds is 8. The first-order valence-corrected chi connectivity index (χ1v) is 7.61.